The molecule has 0 saturated heterocycles. The molecule has 0 atom stereocenters. The van der Waals surface area contributed by atoms with Gasteiger partial charge in [-0.3, -0.25) is 14.9 Å². The summed E-state index contributed by atoms with van der Waals surface area (Å²) < 4.78 is 5.11. The average Bonchev–Trinajstić information content (AvgIpc) is 3.50. The Hall–Kier alpha value is -3.56. The zero-order chi connectivity index (χ0) is 24.1. The molecule has 0 unspecified atom stereocenters. The first-order valence-electron chi connectivity index (χ1n) is 11.5. The summed E-state index contributed by atoms with van der Waals surface area (Å²) in [6, 6.07) is 6.17. The van der Waals surface area contributed by atoms with Gasteiger partial charge in [0.25, 0.3) is 5.91 Å². The molecule has 178 valence electrons. The van der Waals surface area contributed by atoms with Gasteiger partial charge in [0.2, 0.25) is 0 Å². The molecule has 3 N–H and O–H groups in total. The molecule has 9 nitrogen and oxygen atoms in total. The van der Waals surface area contributed by atoms with Gasteiger partial charge in [-0.2, -0.15) is 5.10 Å². The zero-order valence-corrected chi connectivity index (χ0v) is 20.1. The van der Waals surface area contributed by atoms with E-state index in [-0.39, 0.29) is 5.91 Å². The quantitative estimate of drug-likeness (QED) is 0.333. The number of ether oxygens (including phenoxy) is 1. The van der Waals surface area contributed by atoms with Gasteiger partial charge in [0.05, 0.1) is 18.3 Å². The smallest absolute Gasteiger partial charge is 0.272 e. The van der Waals surface area contributed by atoms with Gasteiger partial charge in [0, 0.05) is 50.1 Å². The summed E-state index contributed by atoms with van der Waals surface area (Å²) in [5, 5.41) is 11.8. The minimum Gasteiger partial charge on any atom is -0.383 e. The first-order chi connectivity index (χ1) is 16.6. The number of aromatic amines is 2. The maximum absolute atomic E-state index is 12.9. The fraction of sp³-hybridized carbons (Fsp3) is 0.360. The molecule has 0 spiro atoms. The SMILES string of the molecule is CCNCc1cncc(-c2ccc3[nH]nc(-c4ncc(C(=O)N(CC)CCOC)[nH]4)c3c2)c1C. The van der Waals surface area contributed by atoms with Crippen molar-refractivity contribution in [2.75, 3.05) is 33.4 Å². The minimum atomic E-state index is -0.113. The van der Waals surface area contributed by atoms with Gasteiger partial charge in [-0.25, -0.2) is 4.98 Å². The van der Waals surface area contributed by atoms with Crippen LogP contribution in [0.25, 0.3) is 33.5 Å². The Labute approximate surface area is 199 Å². The molecule has 0 bridgehead atoms. The maximum Gasteiger partial charge on any atom is 0.272 e. The van der Waals surface area contributed by atoms with Crippen molar-refractivity contribution in [2.45, 2.75) is 27.3 Å². The molecule has 0 aliphatic carbocycles. The third-order valence-electron chi connectivity index (χ3n) is 6.02. The van der Waals surface area contributed by atoms with Gasteiger partial charge in [-0.1, -0.05) is 13.0 Å². The summed E-state index contributed by atoms with van der Waals surface area (Å²) in [7, 11) is 1.62. The Morgan fingerprint density at radius 3 is 2.82 bits per heavy atom. The van der Waals surface area contributed by atoms with Crippen LogP contribution in [0.15, 0.2) is 36.8 Å². The number of hydrogen-bond donors (Lipinski definition) is 3. The third-order valence-corrected chi connectivity index (χ3v) is 6.02. The summed E-state index contributed by atoms with van der Waals surface area (Å²) in [6.45, 7) is 9.44. The van der Waals surface area contributed by atoms with Gasteiger partial charge in [-0.05, 0) is 49.2 Å². The highest BCUT2D eigenvalue weighted by Crippen LogP contribution is 2.31. The lowest BCUT2D eigenvalue weighted by atomic mass is 9.98. The lowest BCUT2D eigenvalue weighted by Gasteiger charge is -2.19. The van der Waals surface area contributed by atoms with E-state index in [2.05, 4.69) is 56.4 Å². The van der Waals surface area contributed by atoms with E-state index in [9.17, 15) is 4.79 Å². The van der Waals surface area contributed by atoms with Crippen LogP contribution in [0.4, 0.5) is 0 Å². The summed E-state index contributed by atoms with van der Waals surface area (Å²) in [5.41, 5.74) is 6.50. The lowest BCUT2D eigenvalue weighted by Crippen LogP contribution is -2.33. The van der Waals surface area contributed by atoms with E-state index in [1.807, 2.05) is 25.4 Å². The van der Waals surface area contributed by atoms with Crippen LogP contribution in [-0.2, 0) is 11.3 Å². The second-order valence-corrected chi connectivity index (χ2v) is 8.11. The van der Waals surface area contributed by atoms with Crippen LogP contribution in [0, 0.1) is 6.92 Å². The van der Waals surface area contributed by atoms with Crippen molar-refractivity contribution in [1.29, 1.82) is 0 Å². The Balaban J connectivity index is 1.67. The number of pyridine rings is 1. The van der Waals surface area contributed by atoms with Crippen LogP contribution in [0.3, 0.4) is 0 Å². The van der Waals surface area contributed by atoms with Gasteiger partial charge in [0.15, 0.2) is 5.82 Å². The van der Waals surface area contributed by atoms with E-state index in [1.165, 1.54) is 11.1 Å². The van der Waals surface area contributed by atoms with Gasteiger partial charge in [-0.15, -0.1) is 0 Å². The number of methoxy groups -OCH3 is 1. The molecule has 0 aliphatic rings. The fourth-order valence-electron chi connectivity index (χ4n) is 3.98. The lowest BCUT2D eigenvalue weighted by molar-refractivity contribution is 0.0701. The maximum atomic E-state index is 12.9. The highest BCUT2D eigenvalue weighted by Gasteiger charge is 2.19. The first kappa shape index (κ1) is 23.6. The van der Waals surface area contributed by atoms with Crippen LogP contribution < -0.4 is 5.32 Å². The number of benzene rings is 1. The van der Waals surface area contributed by atoms with Gasteiger partial charge >= 0.3 is 0 Å². The molecule has 4 rings (SSSR count). The van der Waals surface area contributed by atoms with Crippen LogP contribution in [0.2, 0.25) is 0 Å². The molecule has 34 heavy (non-hydrogen) atoms. The number of amides is 1. The third kappa shape index (κ3) is 4.71. The molecular formula is C25H31N7O2. The van der Waals surface area contributed by atoms with Gasteiger partial charge < -0.3 is 19.9 Å². The van der Waals surface area contributed by atoms with Crippen molar-refractivity contribution in [1.82, 2.24) is 35.4 Å². The monoisotopic (exact) mass is 461 g/mol. The molecule has 1 amide bonds. The predicted molar refractivity (Wildman–Crippen MR) is 132 cm³/mol. The molecule has 4 aromatic rings. The van der Waals surface area contributed by atoms with Crippen LogP contribution in [0.5, 0.6) is 0 Å². The van der Waals surface area contributed by atoms with E-state index in [0.717, 1.165) is 35.1 Å². The minimum absolute atomic E-state index is 0.113. The topological polar surface area (TPSA) is 112 Å². The summed E-state index contributed by atoms with van der Waals surface area (Å²) in [6.07, 6.45) is 5.38. The number of hydrogen-bond acceptors (Lipinski definition) is 6. The predicted octanol–water partition coefficient (Wildman–Crippen LogP) is 3.54. The molecular weight excluding hydrogens is 430 g/mol. The van der Waals surface area contributed by atoms with E-state index in [4.69, 9.17) is 4.74 Å². The second kappa shape index (κ2) is 10.6. The zero-order valence-electron chi connectivity index (χ0n) is 20.1. The summed E-state index contributed by atoms with van der Waals surface area (Å²) in [5.74, 6) is 0.434. The van der Waals surface area contributed by atoms with Crippen molar-refractivity contribution in [3.63, 3.8) is 0 Å². The summed E-state index contributed by atoms with van der Waals surface area (Å²) >= 11 is 0. The number of carbonyl (C=O) groups excluding carboxylic acids is 1. The Bertz CT molecular complexity index is 1280. The number of nitrogens with one attached hydrogen (secondary N) is 3. The molecule has 0 saturated carbocycles. The number of nitrogens with zero attached hydrogens (tertiary/aromatic N) is 4. The highest BCUT2D eigenvalue weighted by atomic mass is 16.5. The Kier molecular flexibility index (Phi) is 7.34. The molecule has 3 aromatic heterocycles. The first-order valence-corrected chi connectivity index (χ1v) is 11.5. The Morgan fingerprint density at radius 1 is 1.21 bits per heavy atom. The van der Waals surface area contributed by atoms with Crippen molar-refractivity contribution >= 4 is 16.8 Å². The molecule has 9 heteroatoms. The van der Waals surface area contributed by atoms with E-state index >= 15 is 0 Å². The standard InChI is InChI=1S/C25H31N7O2/c1-5-26-12-18-13-27-14-20(16(18)3)17-7-8-21-19(11-17)23(31-30-21)24-28-15-22(29-24)25(33)32(6-2)9-10-34-4/h7-8,11,13-15,26H,5-6,9-10,12H2,1-4H3,(H,28,29)(H,30,31). The Morgan fingerprint density at radius 2 is 2.06 bits per heavy atom. The fourth-order valence-corrected chi connectivity index (χ4v) is 3.98. The largest absolute Gasteiger partial charge is 0.383 e. The normalized spacial score (nSPS) is 11.3. The van der Waals surface area contributed by atoms with Crippen LogP contribution in [0.1, 0.15) is 35.5 Å². The van der Waals surface area contributed by atoms with Crippen molar-refractivity contribution < 1.29 is 9.53 Å². The van der Waals surface area contributed by atoms with Crippen molar-refractivity contribution in [3.05, 3.63) is 53.6 Å². The molecule has 0 aliphatic heterocycles. The van der Waals surface area contributed by atoms with Crippen LogP contribution >= 0.6 is 0 Å². The van der Waals surface area contributed by atoms with E-state index in [1.54, 1.807) is 18.2 Å². The summed E-state index contributed by atoms with van der Waals surface area (Å²) in [4.78, 5) is 26.7. The van der Waals surface area contributed by atoms with Gasteiger partial charge in [0.1, 0.15) is 11.4 Å². The van der Waals surface area contributed by atoms with Crippen LogP contribution in [-0.4, -0.2) is 69.3 Å². The number of carbonyl (C=O) groups is 1. The van der Waals surface area contributed by atoms with E-state index < -0.39 is 0 Å². The number of H-pyrrole nitrogens is 2. The average molecular weight is 462 g/mol. The highest BCUT2D eigenvalue weighted by molar-refractivity contribution is 5.96. The number of likely N-dealkylation sites (N-methyl/N-ethyl adjacent to an activating group) is 1. The van der Waals surface area contributed by atoms with Crippen molar-refractivity contribution in [2.24, 2.45) is 0 Å². The number of fused-ring (bicyclic) bond motifs is 1. The van der Waals surface area contributed by atoms with Crippen molar-refractivity contribution in [3.8, 4) is 22.6 Å². The molecule has 1 aromatic carbocycles. The molecule has 3 heterocycles. The molecule has 0 fully saturated rings. The van der Waals surface area contributed by atoms with E-state index in [0.29, 0.717) is 36.9 Å². The number of imidazole rings is 1. The second-order valence-electron chi connectivity index (χ2n) is 8.11. The molecule has 0 radical (unpaired) electrons. The number of rotatable bonds is 10. The number of aromatic nitrogens is 5.